The summed E-state index contributed by atoms with van der Waals surface area (Å²) in [5, 5.41) is 8.00. The van der Waals surface area contributed by atoms with Crippen LogP contribution in [0.3, 0.4) is 0 Å². The van der Waals surface area contributed by atoms with Gasteiger partial charge in [-0.25, -0.2) is 0 Å². The molecule has 0 aliphatic carbocycles. The molecular weight excluding hydrogens is 324 g/mol. The van der Waals surface area contributed by atoms with Gasteiger partial charge in [-0.05, 0) is 22.0 Å². The van der Waals surface area contributed by atoms with E-state index in [2.05, 4.69) is 36.2 Å². The third-order valence-corrected chi connectivity index (χ3v) is 3.19. The van der Waals surface area contributed by atoms with Gasteiger partial charge in [0.05, 0.1) is 6.20 Å². The third-order valence-electron chi connectivity index (χ3n) is 2.75. The van der Waals surface area contributed by atoms with Crippen LogP contribution in [0, 0.1) is 0 Å². The van der Waals surface area contributed by atoms with Gasteiger partial charge in [-0.15, -0.1) is 0 Å². The molecule has 0 amide bonds. The SMILES string of the molecule is Cn1cc(C(N)c2nc(-c3cncc(Br)c3)no2)cn1. The largest absolute Gasteiger partial charge is 0.337 e. The molecule has 102 valence electrons. The molecule has 3 heterocycles. The summed E-state index contributed by atoms with van der Waals surface area (Å²) in [6.07, 6.45) is 6.84. The molecule has 0 aromatic carbocycles. The van der Waals surface area contributed by atoms with E-state index in [-0.39, 0.29) is 0 Å². The summed E-state index contributed by atoms with van der Waals surface area (Å²) in [6, 6.07) is 1.36. The first-order chi connectivity index (χ1) is 9.63. The molecule has 0 spiro atoms. The Kier molecular flexibility index (Phi) is 3.33. The zero-order valence-corrected chi connectivity index (χ0v) is 12.1. The van der Waals surface area contributed by atoms with Crippen LogP contribution in [0.15, 0.2) is 39.8 Å². The molecule has 0 bridgehead atoms. The molecule has 0 radical (unpaired) electrons. The average Bonchev–Trinajstić information content (AvgIpc) is 3.07. The Balaban J connectivity index is 1.90. The van der Waals surface area contributed by atoms with Crippen LogP contribution in [-0.2, 0) is 7.05 Å². The minimum Gasteiger partial charge on any atom is -0.337 e. The smallest absolute Gasteiger partial charge is 0.248 e. The number of hydrogen-bond acceptors (Lipinski definition) is 6. The van der Waals surface area contributed by atoms with E-state index in [1.165, 1.54) is 0 Å². The van der Waals surface area contributed by atoms with E-state index in [0.29, 0.717) is 11.7 Å². The van der Waals surface area contributed by atoms with Crippen molar-refractivity contribution in [3.8, 4) is 11.4 Å². The van der Waals surface area contributed by atoms with Gasteiger partial charge in [-0.1, -0.05) is 5.16 Å². The van der Waals surface area contributed by atoms with E-state index < -0.39 is 6.04 Å². The monoisotopic (exact) mass is 334 g/mol. The third kappa shape index (κ3) is 2.47. The molecule has 0 saturated heterocycles. The second kappa shape index (κ2) is 5.14. The molecule has 7 nitrogen and oxygen atoms in total. The van der Waals surface area contributed by atoms with Crippen LogP contribution < -0.4 is 5.73 Å². The number of hydrogen-bond donors (Lipinski definition) is 1. The first kappa shape index (κ1) is 12.9. The summed E-state index contributed by atoms with van der Waals surface area (Å²) in [7, 11) is 1.82. The van der Waals surface area contributed by atoms with Crippen LogP contribution in [0.25, 0.3) is 11.4 Å². The van der Waals surface area contributed by atoms with E-state index >= 15 is 0 Å². The molecular formula is C12H11BrN6O. The summed E-state index contributed by atoms with van der Waals surface area (Å²) in [5.41, 5.74) is 7.65. The molecule has 0 aliphatic heterocycles. The Labute approximate surface area is 122 Å². The van der Waals surface area contributed by atoms with Crippen LogP contribution in [0.1, 0.15) is 17.5 Å². The molecule has 0 fully saturated rings. The number of halogens is 1. The van der Waals surface area contributed by atoms with Crippen molar-refractivity contribution in [1.29, 1.82) is 0 Å². The highest BCUT2D eigenvalue weighted by atomic mass is 79.9. The quantitative estimate of drug-likeness (QED) is 0.782. The van der Waals surface area contributed by atoms with Crippen LogP contribution in [0.4, 0.5) is 0 Å². The Bertz CT molecular complexity index is 737. The van der Waals surface area contributed by atoms with Crippen LogP contribution >= 0.6 is 15.9 Å². The fourth-order valence-electron chi connectivity index (χ4n) is 1.76. The van der Waals surface area contributed by atoms with Crippen LogP contribution in [-0.4, -0.2) is 24.9 Å². The van der Waals surface area contributed by atoms with E-state index in [9.17, 15) is 0 Å². The number of nitrogens with two attached hydrogens (primary N) is 1. The zero-order valence-electron chi connectivity index (χ0n) is 10.6. The van der Waals surface area contributed by atoms with Crippen LogP contribution in [0.5, 0.6) is 0 Å². The lowest BCUT2D eigenvalue weighted by Gasteiger charge is -2.01. The van der Waals surface area contributed by atoms with E-state index in [1.807, 2.05) is 19.3 Å². The highest BCUT2D eigenvalue weighted by molar-refractivity contribution is 9.10. The molecule has 8 heteroatoms. The lowest BCUT2D eigenvalue weighted by atomic mass is 10.2. The molecule has 20 heavy (non-hydrogen) atoms. The van der Waals surface area contributed by atoms with Gasteiger partial charge in [0.1, 0.15) is 6.04 Å². The number of nitrogens with zero attached hydrogens (tertiary/aromatic N) is 5. The summed E-state index contributed by atoms with van der Waals surface area (Å²) >= 11 is 3.35. The van der Waals surface area contributed by atoms with Crippen molar-refractivity contribution in [3.63, 3.8) is 0 Å². The molecule has 1 unspecified atom stereocenters. The van der Waals surface area contributed by atoms with Gasteiger partial charge in [-0.2, -0.15) is 10.1 Å². The van der Waals surface area contributed by atoms with Crippen molar-refractivity contribution in [2.45, 2.75) is 6.04 Å². The molecule has 2 N–H and O–H groups in total. The van der Waals surface area contributed by atoms with Gasteiger partial charge in [0.15, 0.2) is 0 Å². The summed E-state index contributed by atoms with van der Waals surface area (Å²) in [4.78, 5) is 8.37. The van der Waals surface area contributed by atoms with Crippen molar-refractivity contribution in [2.75, 3.05) is 0 Å². The van der Waals surface area contributed by atoms with Gasteiger partial charge in [0.25, 0.3) is 0 Å². The topological polar surface area (TPSA) is 95.7 Å². The molecule has 3 aromatic heterocycles. The minimum atomic E-state index is -0.495. The first-order valence-electron chi connectivity index (χ1n) is 5.82. The van der Waals surface area contributed by atoms with Gasteiger partial charge in [0.2, 0.25) is 11.7 Å². The van der Waals surface area contributed by atoms with E-state index in [1.54, 1.807) is 23.3 Å². The van der Waals surface area contributed by atoms with Gasteiger partial charge in [0, 0.05) is 41.2 Å². The predicted molar refractivity (Wildman–Crippen MR) is 74.5 cm³/mol. The van der Waals surface area contributed by atoms with Crippen molar-refractivity contribution in [3.05, 3.63) is 46.8 Å². The van der Waals surface area contributed by atoms with Crippen molar-refractivity contribution < 1.29 is 4.52 Å². The lowest BCUT2D eigenvalue weighted by molar-refractivity contribution is 0.367. The number of aromatic nitrogens is 5. The number of rotatable bonds is 3. The molecule has 3 rings (SSSR count). The minimum absolute atomic E-state index is 0.341. The second-order valence-electron chi connectivity index (χ2n) is 4.27. The summed E-state index contributed by atoms with van der Waals surface area (Å²) in [6.45, 7) is 0. The van der Waals surface area contributed by atoms with Gasteiger partial charge in [-0.3, -0.25) is 9.67 Å². The normalized spacial score (nSPS) is 12.6. The fourth-order valence-corrected chi connectivity index (χ4v) is 2.12. The highest BCUT2D eigenvalue weighted by Crippen LogP contribution is 2.22. The molecule has 3 aromatic rings. The number of aryl methyl sites for hydroxylation is 1. The highest BCUT2D eigenvalue weighted by Gasteiger charge is 2.19. The Morgan fingerprint density at radius 1 is 1.35 bits per heavy atom. The summed E-state index contributed by atoms with van der Waals surface area (Å²) in [5.74, 6) is 0.793. The first-order valence-corrected chi connectivity index (χ1v) is 6.61. The molecule has 0 saturated carbocycles. The van der Waals surface area contributed by atoms with Gasteiger partial charge < -0.3 is 10.3 Å². The van der Waals surface area contributed by atoms with Crippen molar-refractivity contribution >= 4 is 15.9 Å². The Hall–Kier alpha value is -2.06. The van der Waals surface area contributed by atoms with E-state index in [0.717, 1.165) is 15.6 Å². The standard InChI is InChI=1S/C12H11BrN6O/c1-19-6-8(4-16-19)10(14)12-17-11(18-20-12)7-2-9(13)5-15-3-7/h2-6,10H,14H2,1H3. The van der Waals surface area contributed by atoms with Gasteiger partial charge >= 0.3 is 0 Å². The molecule has 0 aliphatic rings. The maximum Gasteiger partial charge on any atom is 0.248 e. The Morgan fingerprint density at radius 2 is 2.20 bits per heavy atom. The predicted octanol–water partition coefficient (Wildman–Crippen LogP) is 1.68. The average molecular weight is 335 g/mol. The second-order valence-corrected chi connectivity index (χ2v) is 5.19. The van der Waals surface area contributed by atoms with Crippen molar-refractivity contribution in [2.24, 2.45) is 12.8 Å². The summed E-state index contributed by atoms with van der Waals surface area (Å²) < 4.78 is 7.73. The molecule has 1 atom stereocenters. The van der Waals surface area contributed by atoms with Crippen LogP contribution in [0.2, 0.25) is 0 Å². The van der Waals surface area contributed by atoms with E-state index in [4.69, 9.17) is 10.3 Å². The maximum absolute atomic E-state index is 6.08. The number of pyridine rings is 1. The maximum atomic E-state index is 6.08. The zero-order chi connectivity index (χ0) is 14.1. The Morgan fingerprint density at radius 3 is 2.90 bits per heavy atom. The van der Waals surface area contributed by atoms with Crippen molar-refractivity contribution in [1.82, 2.24) is 24.9 Å². The fraction of sp³-hybridized carbons (Fsp3) is 0.167. The lowest BCUT2D eigenvalue weighted by Crippen LogP contribution is -2.11.